The number of aromatic nitrogens is 1. The highest BCUT2D eigenvalue weighted by molar-refractivity contribution is 5.93. The summed E-state index contributed by atoms with van der Waals surface area (Å²) in [6.45, 7) is 4.02. The monoisotopic (exact) mass is 410 g/mol. The van der Waals surface area contributed by atoms with Gasteiger partial charge in [0, 0.05) is 57.3 Å². The third-order valence-corrected chi connectivity index (χ3v) is 5.76. The molecule has 2 aromatic rings. The van der Waals surface area contributed by atoms with Crippen molar-refractivity contribution < 1.29 is 14.6 Å². The maximum absolute atomic E-state index is 12.5. The number of carbonyl (C=O) groups excluding carboxylic acids is 1. The van der Waals surface area contributed by atoms with Crippen molar-refractivity contribution in [2.45, 2.75) is 38.0 Å². The third-order valence-electron chi connectivity index (χ3n) is 5.76. The zero-order valence-corrected chi connectivity index (χ0v) is 17.2. The lowest BCUT2D eigenvalue weighted by molar-refractivity contribution is 0.0838. The van der Waals surface area contributed by atoms with E-state index in [9.17, 15) is 9.90 Å². The van der Waals surface area contributed by atoms with Gasteiger partial charge in [-0.1, -0.05) is 24.3 Å². The van der Waals surface area contributed by atoms with E-state index in [2.05, 4.69) is 44.8 Å². The first-order chi connectivity index (χ1) is 14.7. The van der Waals surface area contributed by atoms with E-state index in [-0.39, 0.29) is 12.5 Å². The molecular weight excluding hydrogens is 380 g/mol. The molecule has 0 aliphatic carbocycles. The number of ether oxygens (including phenoxy) is 1. The SMILES string of the molecule is O=C(NCC(O)CN1CCc2ccccc2C1)c1cc(NC2CCOCC2)ccn1. The van der Waals surface area contributed by atoms with E-state index in [0.29, 0.717) is 18.3 Å². The van der Waals surface area contributed by atoms with Gasteiger partial charge in [-0.3, -0.25) is 14.7 Å². The summed E-state index contributed by atoms with van der Waals surface area (Å²) in [7, 11) is 0. The summed E-state index contributed by atoms with van der Waals surface area (Å²) in [5.74, 6) is -0.270. The van der Waals surface area contributed by atoms with Crippen molar-refractivity contribution in [2.24, 2.45) is 0 Å². The smallest absolute Gasteiger partial charge is 0.270 e. The number of hydrogen-bond donors (Lipinski definition) is 3. The molecule has 1 amide bonds. The third kappa shape index (κ3) is 5.56. The van der Waals surface area contributed by atoms with Gasteiger partial charge in [0.15, 0.2) is 0 Å². The number of nitrogens with one attached hydrogen (secondary N) is 2. The number of fused-ring (bicyclic) bond motifs is 1. The molecule has 2 aliphatic heterocycles. The second-order valence-corrected chi connectivity index (χ2v) is 8.08. The minimum Gasteiger partial charge on any atom is -0.390 e. The molecule has 0 bridgehead atoms. The van der Waals surface area contributed by atoms with Gasteiger partial charge in [-0.05, 0) is 42.5 Å². The summed E-state index contributed by atoms with van der Waals surface area (Å²) >= 11 is 0. The van der Waals surface area contributed by atoms with Crippen LogP contribution in [0.2, 0.25) is 0 Å². The number of anilines is 1. The number of aliphatic hydroxyl groups excluding tert-OH is 1. The second kappa shape index (κ2) is 10.0. The Labute approximate surface area is 177 Å². The van der Waals surface area contributed by atoms with Gasteiger partial charge in [-0.2, -0.15) is 0 Å². The molecule has 0 radical (unpaired) electrons. The number of pyridine rings is 1. The Kier molecular flexibility index (Phi) is 6.94. The first-order valence-electron chi connectivity index (χ1n) is 10.7. The number of aliphatic hydroxyl groups is 1. The van der Waals surface area contributed by atoms with Gasteiger partial charge in [-0.15, -0.1) is 0 Å². The highest BCUT2D eigenvalue weighted by Crippen LogP contribution is 2.18. The van der Waals surface area contributed by atoms with Gasteiger partial charge in [0.2, 0.25) is 0 Å². The minimum absolute atomic E-state index is 0.205. The lowest BCUT2D eigenvalue weighted by Gasteiger charge is -2.30. The molecule has 7 heteroatoms. The van der Waals surface area contributed by atoms with E-state index < -0.39 is 6.10 Å². The second-order valence-electron chi connectivity index (χ2n) is 8.08. The fourth-order valence-corrected chi connectivity index (χ4v) is 4.10. The Morgan fingerprint density at radius 2 is 2.03 bits per heavy atom. The van der Waals surface area contributed by atoms with Crippen LogP contribution in [-0.4, -0.2) is 65.9 Å². The Morgan fingerprint density at radius 1 is 1.23 bits per heavy atom. The van der Waals surface area contributed by atoms with Crippen molar-refractivity contribution >= 4 is 11.6 Å². The molecule has 30 heavy (non-hydrogen) atoms. The molecular formula is C23H30N4O3. The van der Waals surface area contributed by atoms with Gasteiger partial charge < -0.3 is 20.5 Å². The van der Waals surface area contributed by atoms with E-state index in [4.69, 9.17) is 4.74 Å². The molecule has 2 aliphatic rings. The van der Waals surface area contributed by atoms with Crippen LogP contribution in [0, 0.1) is 0 Å². The predicted octanol–water partition coefficient (Wildman–Crippen LogP) is 1.82. The molecule has 3 heterocycles. The normalized spacial score (nSPS) is 18.4. The van der Waals surface area contributed by atoms with Crippen molar-refractivity contribution in [3.8, 4) is 0 Å². The van der Waals surface area contributed by atoms with Crippen molar-refractivity contribution in [3.05, 3.63) is 59.4 Å². The van der Waals surface area contributed by atoms with E-state index in [1.807, 2.05) is 6.07 Å². The van der Waals surface area contributed by atoms with Gasteiger partial charge >= 0.3 is 0 Å². The Morgan fingerprint density at radius 3 is 2.87 bits per heavy atom. The highest BCUT2D eigenvalue weighted by Gasteiger charge is 2.19. The van der Waals surface area contributed by atoms with Crippen LogP contribution in [0.3, 0.4) is 0 Å². The molecule has 7 nitrogen and oxygen atoms in total. The molecule has 1 unspecified atom stereocenters. The first kappa shape index (κ1) is 20.8. The molecule has 1 fully saturated rings. The summed E-state index contributed by atoms with van der Waals surface area (Å²) in [6.07, 6.45) is 3.92. The fourth-order valence-electron chi connectivity index (χ4n) is 4.10. The van der Waals surface area contributed by atoms with E-state index in [0.717, 1.165) is 51.3 Å². The quantitative estimate of drug-likeness (QED) is 0.646. The average molecular weight is 411 g/mol. The molecule has 160 valence electrons. The van der Waals surface area contributed by atoms with Crippen LogP contribution in [0.5, 0.6) is 0 Å². The van der Waals surface area contributed by atoms with Crippen LogP contribution < -0.4 is 10.6 Å². The van der Waals surface area contributed by atoms with Crippen LogP contribution in [-0.2, 0) is 17.7 Å². The van der Waals surface area contributed by atoms with Crippen molar-refractivity contribution in [1.82, 2.24) is 15.2 Å². The molecule has 4 rings (SSSR count). The number of amides is 1. The average Bonchev–Trinajstić information content (AvgIpc) is 2.78. The maximum Gasteiger partial charge on any atom is 0.270 e. The predicted molar refractivity (Wildman–Crippen MR) is 115 cm³/mol. The Balaban J connectivity index is 1.24. The summed E-state index contributed by atoms with van der Waals surface area (Å²) in [6, 6.07) is 12.4. The van der Waals surface area contributed by atoms with Crippen molar-refractivity contribution in [3.63, 3.8) is 0 Å². The number of hydrogen-bond acceptors (Lipinski definition) is 6. The Bertz CT molecular complexity index is 854. The fraction of sp³-hybridized carbons (Fsp3) is 0.478. The number of β-amino-alcohol motifs (C(OH)–C–C–N with tert-alkyl or cyclic N) is 1. The zero-order chi connectivity index (χ0) is 20.8. The topological polar surface area (TPSA) is 86.7 Å². The maximum atomic E-state index is 12.5. The van der Waals surface area contributed by atoms with Crippen molar-refractivity contribution in [1.29, 1.82) is 0 Å². The van der Waals surface area contributed by atoms with Crippen LogP contribution >= 0.6 is 0 Å². The number of benzene rings is 1. The molecule has 1 aromatic carbocycles. The lowest BCUT2D eigenvalue weighted by atomic mass is 10.00. The molecule has 1 saturated heterocycles. The van der Waals surface area contributed by atoms with Crippen molar-refractivity contribution in [2.75, 3.05) is 38.2 Å². The summed E-state index contributed by atoms with van der Waals surface area (Å²) in [5, 5.41) is 16.7. The minimum atomic E-state index is -0.622. The standard InChI is InChI=1S/C23H30N4O3/c28-21(16-27-10-6-17-3-1-2-4-18(17)15-27)14-25-23(29)22-13-20(5-9-24-22)26-19-7-11-30-12-8-19/h1-5,9,13,19,21,28H,6-8,10-12,14-16H2,(H,24,26)(H,25,29). The molecule has 0 saturated carbocycles. The molecule has 0 spiro atoms. The lowest BCUT2D eigenvalue weighted by Crippen LogP contribution is -2.42. The summed E-state index contributed by atoms with van der Waals surface area (Å²) in [4.78, 5) is 18.9. The molecule has 1 aromatic heterocycles. The van der Waals surface area contributed by atoms with Gasteiger partial charge in [-0.25, -0.2) is 0 Å². The van der Waals surface area contributed by atoms with E-state index >= 15 is 0 Å². The van der Waals surface area contributed by atoms with Crippen LogP contribution in [0.4, 0.5) is 5.69 Å². The molecule has 1 atom stereocenters. The Hall–Kier alpha value is -2.48. The van der Waals surface area contributed by atoms with Crippen LogP contribution in [0.25, 0.3) is 0 Å². The van der Waals surface area contributed by atoms with Crippen LogP contribution in [0.1, 0.15) is 34.5 Å². The van der Waals surface area contributed by atoms with Gasteiger partial charge in [0.05, 0.1) is 6.10 Å². The van der Waals surface area contributed by atoms with E-state index in [1.54, 1.807) is 12.3 Å². The largest absolute Gasteiger partial charge is 0.390 e. The first-order valence-corrected chi connectivity index (χ1v) is 10.7. The molecule has 3 N–H and O–H groups in total. The summed E-state index contributed by atoms with van der Waals surface area (Å²) < 4.78 is 5.38. The number of carbonyl (C=O) groups is 1. The highest BCUT2D eigenvalue weighted by atomic mass is 16.5. The summed E-state index contributed by atoms with van der Waals surface area (Å²) in [5.41, 5.74) is 3.94. The number of rotatable bonds is 7. The van der Waals surface area contributed by atoms with Gasteiger partial charge in [0.1, 0.15) is 5.69 Å². The zero-order valence-electron chi connectivity index (χ0n) is 17.2. The van der Waals surface area contributed by atoms with Crippen LogP contribution in [0.15, 0.2) is 42.6 Å². The van der Waals surface area contributed by atoms with Gasteiger partial charge in [0.25, 0.3) is 5.91 Å². The number of nitrogens with zero attached hydrogens (tertiary/aromatic N) is 2. The van der Waals surface area contributed by atoms with E-state index in [1.165, 1.54) is 11.1 Å².